The molecule has 0 amide bonds. The van der Waals surface area contributed by atoms with E-state index in [1.807, 2.05) is 0 Å². The summed E-state index contributed by atoms with van der Waals surface area (Å²) in [5.74, 6) is -0.840. The quantitative estimate of drug-likeness (QED) is 0.863. The Balaban J connectivity index is 2.81. The highest BCUT2D eigenvalue weighted by molar-refractivity contribution is 9.10. The molecule has 0 aliphatic heterocycles. The summed E-state index contributed by atoms with van der Waals surface area (Å²) in [4.78, 5) is 0. The minimum Gasteiger partial charge on any atom is -0.286 e. The molecule has 0 bridgehead atoms. The molecule has 1 aromatic carbocycles. The van der Waals surface area contributed by atoms with Crippen LogP contribution in [-0.4, -0.2) is 18.7 Å². The maximum absolute atomic E-state index is 12.7. The van der Waals surface area contributed by atoms with E-state index in [4.69, 9.17) is 4.55 Å². The lowest BCUT2D eigenvalue weighted by molar-refractivity contribution is 0.482. The molecule has 1 N–H and O–H groups in total. The number of aryl methyl sites for hydroxylation is 1. The minimum atomic E-state index is -4.00. The Labute approximate surface area is 89.8 Å². The average molecular weight is 283 g/mol. The van der Waals surface area contributed by atoms with Crippen molar-refractivity contribution < 1.29 is 17.4 Å². The van der Waals surface area contributed by atoms with Crippen LogP contribution in [0.5, 0.6) is 0 Å². The van der Waals surface area contributed by atoms with Crippen LogP contribution >= 0.6 is 15.9 Å². The van der Waals surface area contributed by atoms with Crippen molar-refractivity contribution in [2.75, 3.05) is 5.75 Å². The maximum atomic E-state index is 12.7. The van der Waals surface area contributed by atoms with Gasteiger partial charge in [-0.1, -0.05) is 15.9 Å². The van der Waals surface area contributed by atoms with Gasteiger partial charge >= 0.3 is 0 Å². The molecule has 1 aromatic rings. The third-order valence-corrected chi connectivity index (χ3v) is 3.13. The van der Waals surface area contributed by atoms with Crippen LogP contribution in [0.2, 0.25) is 0 Å². The molecule has 0 saturated heterocycles. The van der Waals surface area contributed by atoms with Crippen LogP contribution in [0.4, 0.5) is 4.39 Å². The van der Waals surface area contributed by atoms with E-state index < -0.39 is 21.7 Å². The average Bonchev–Trinajstić information content (AvgIpc) is 2.05. The van der Waals surface area contributed by atoms with Crippen molar-refractivity contribution in [3.63, 3.8) is 0 Å². The second-order valence-corrected chi connectivity index (χ2v) is 5.20. The number of hydrogen-bond donors (Lipinski definition) is 1. The number of halogens is 2. The van der Waals surface area contributed by atoms with Gasteiger partial charge in [-0.05, 0) is 30.2 Å². The van der Waals surface area contributed by atoms with Gasteiger partial charge in [0.05, 0.1) is 5.75 Å². The molecule has 6 heteroatoms. The van der Waals surface area contributed by atoms with Crippen molar-refractivity contribution in [3.8, 4) is 0 Å². The third-order valence-electron chi connectivity index (χ3n) is 1.64. The van der Waals surface area contributed by atoms with E-state index in [0.717, 1.165) is 0 Å². The van der Waals surface area contributed by atoms with Gasteiger partial charge in [-0.15, -0.1) is 0 Å². The summed E-state index contributed by atoms with van der Waals surface area (Å²) in [5, 5.41) is 0. The highest BCUT2D eigenvalue weighted by Gasteiger charge is 2.08. The summed E-state index contributed by atoms with van der Waals surface area (Å²) < 4.78 is 42.8. The van der Waals surface area contributed by atoms with E-state index in [9.17, 15) is 12.8 Å². The molecular weight excluding hydrogens is 275 g/mol. The van der Waals surface area contributed by atoms with Gasteiger partial charge in [-0.2, -0.15) is 8.42 Å². The van der Waals surface area contributed by atoms with Crippen LogP contribution in [0.15, 0.2) is 22.7 Å². The summed E-state index contributed by atoms with van der Waals surface area (Å²) in [6.07, 6.45) is 0.0805. The molecule has 0 saturated carbocycles. The minimum absolute atomic E-state index is 0.0805. The first-order chi connectivity index (χ1) is 6.38. The van der Waals surface area contributed by atoms with Crippen LogP contribution in [0, 0.1) is 5.82 Å². The smallest absolute Gasteiger partial charge is 0.265 e. The van der Waals surface area contributed by atoms with Gasteiger partial charge in [0.25, 0.3) is 10.1 Å². The Kier molecular flexibility index (Phi) is 3.63. The van der Waals surface area contributed by atoms with E-state index in [2.05, 4.69) is 15.9 Å². The lowest BCUT2D eigenvalue weighted by Gasteiger charge is -2.02. The van der Waals surface area contributed by atoms with Gasteiger partial charge in [0.1, 0.15) is 5.82 Å². The molecule has 0 spiro atoms. The van der Waals surface area contributed by atoms with E-state index >= 15 is 0 Å². The van der Waals surface area contributed by atoms with Crippen LogP contribution < -0.4 is 0 Å². The van der Waals surface area contributed by atoms with E-state index in [-0.39, 0.29) is 6.42 Å². The molecule has 78 valence electrons. The monoisotopic (exact) mass is 282 g/mol. The Bertz CT molecular complexity index is 430. The molecule has 0 aliphatic carbocycles. The zero-order valence-electron chi connectivity index (χ0n) is 7.07. The first-order valence-electron chi connectivity index (χ1n) is 3.77. The molecule has 14 heavy (non-hydrogen) atoms. The summed E-state index contributed by atoms with van der Waals surface area (Å²) >= 11 is 3.16. The summed E-state index contributed by atoms with van der Waals surface area (Å²) in [6, 6.07) is 3.99. The van der Waals surface area contributed by atoms with E-state index in [1.165, 1.54) is 18.2 Å². The van der Waals surface area contributed by atoms with Gasteiger partial charge in [0, 0.05) is 4.47 Å². The maximum Gasteiger partial charge on any atom is 0.265 e. The Morgan fingerprint density at radius 2 is 2.07 bits per heavy atom. The van der Waals surface area contributed by atoms with Crippen molar-refractivity contribution in [3.05, 3.63) is 34.1 Å². The predicted octanol–water partition coefficient (Wildman–Crippen LogP) is 2.02. The lowest BCUT2D eigenvalue weighted by atomic mass is 10.2. The molecule has 0 aliphatic rings. The fourth-order valence-electron chi connectivity index (χ4n) is 0.974. The molecule has 3 nitrogen and oxygen atoms in total. The Morgan fingerprint density at radius 3 is 2.64 bits per heavy atom. The normalized spacial score (nSPS) is 11.6. The van der Waals surface area contributed by atoms with Gasteiger partial charge in [0.2, 0.25) is 0 Å². The zero-order chi connectivity index (χ0) is 10.8. The lowest BCUT2D eigenvalue weighted by Crippen LogP contribution is -2.07. The standard InChI is InChI=1S/C8H8BrFO3S/c9-8-2-1-7(10)5-6(8)3-4-14(11,12)13/h1-2,5H,3-4H2,(H,11,12,13). The topological polar surface area (TPSA) is 54.4 Å². The molecule has 0 heterocycles. The van der Waals surface area contributed by atoms with E-state index in [0.29, 0.717) is 10.0 Å². The van der Waals surface area contributed by atoms with Crippen LogP contribution in [0.1, 0.15) is 5.56 Å². The first-order valence-corrected chi connectivity index (χ1v) is 6.18. The fraction of sp³-hybridized carbons (Fsp3) is 0.250. The van der Waals surface area contributed by atoms with Crippen LogP contribution in [0.3, 0.4) is 0 Å². The van der Waals surface area contributed by atoms with Crippen molar-refractivity contribution in [1.82, 2.24) is 0 Å². The molecule has 0 atom stereocenters. The predicted molar refractivity (Wildman–Crippen MR) is 54.2 cm³/mol. The first kappa shape index (κ1) is 11.6. The highest BCUT2D eigenvalue weighted by Crippen LogP contribution is 2.18. The van der Waals surface area contributed by atoms with Gasteiger partial charge in [-0.25, -0.2) is 4.39 Å². The molecular formula is C8H8BrFO3S. The molecule has 0 radical (unpaired) electrons. The summed E-state index contributed by atoms with van der Waals surface area (Å²) in [5.41, 5.74) is 0.516. The van der Waals surface area contributed by atoms with Crippen molar-refractivity contribution in [2.24, 2.45) is 0 Å². The SMILES string of the molecule is O=S(=O)(O)CCc1cc(F)ccc1Br. The second-order valence-electron chi connectivity index (χ2n) is 2.77. The Morgan fingerprint density at radius 1 is 1.43 bits per heavy atom. The molecule has 0 aromatic heterocycles. The molecule has 0 fully saturated rings. The zero-order valence-corrected chi connectivity index (χ0v) is 9.48. The van der Waals surface area contributed by atoms with Crippen LogP contribution in [-0.2, 0) is 16.5 Å². The second kappa shape index (κ2) is 4.37. The van der Waals surface area contributed by atoms with Crippen molar-refractivity contribution in [2.45, 2.75) is 6.42 Å². The Hall–Kier alpha value is -0.460. The van der Waals surface area contributed by atoms with Gasteiger partial charge in [0.15, 0.2) is 0 Å². The summed E-state index contributed by atoms with van der Waals surface area (Å²) in [7, 11) is -4.00. The molecule has 0 unspecified atom stereocenters. The van der Waals surface area contributed by atoms with Gasteiger partial charge < -0.3 is 0 Å². The number of benzene rings is 1. The van der Waals surface area contributed by atoms with Crippen molar-refractivity contribution >= 4 is 26.0 Å². The van der Waals surface area contributed by atoms with Crippen LogP contribution in [0.25, 0.3) is 0 Å². The fourth-order valence-corrected chi connectivity index (χ4v) is 1.90. The number of rotatable bonds is 3. The van der Waals surface area contributed by atoms with Crippen molar-refractivity contribution in [1.29, 1.82) is 0 Å². The highest BCUT2D eigenvalue weighted by atomic mass is 79.9. The molecule has 1 rings (SSSR count). The van der Waals surface area contributed by atoms with E-state index in [1.54, 1.807) is 0 Å². The van der Waals surface area contributed by atoms with Gasteiger partial charge in [-0.3, -0.25) is 4.55 Å². The largest absolute Gasteiger partial charge is 0.286 e. The number of hydrogen-bond acceptors (Lipinski definition) is 2. The summed E-state index contributed by atoms with van der Waals surface area (Å²) in [6.45, 7) is 0. The third kappa shape index (κ3) is 3.73.